The topological polar surface area (TPSA) is 194 Å². The molecule has 3 rings (SSSR count). The van der Waals surface area contributed by atoms with Crippen molar-refractivity contribution < 1.29 is 19.4 Å². The number of nitro groups is 2. The van der Waals surface area contributed by atoms with Crippen molar-refractivity contribution in [3.8, 4) is 0 Å². The lowest BCUT2D eigenvalue weighted by Crippen LogP contribution is -2.32. The molecule has 0 aliphatic carbocycles. The van der Waals surface area contributed by atoms with Crippen LogP contribution >= 0.6 is 27.5 Å². The molecule has 14 nitrogen and oxygen atoms in total. The molecule has 0 atom stereocenters. The van der Waals surface area contributed by atoms with Crippen molar-refractivity contribution in [1.29, 1.82) is 0 Å². The zero-order chi connectivity index (χ0) is 24.8. The van der Waals surface area contributed by atoms with Gasteiger partial charge in [-0.1, -0.05) is 27.5 Å². The number of halogens is 2. The van der Waals surface area contributed by atoms with Gasteiger partial charge in [0.05, 0.1) is 9.85 Å². The van der Waals surface area contributed by atoms with Crippen molar-refractivity contribution in [2.45, 2.75) is 0 Å². The maximum atomic E-state index is 12.3. The van der Waals surface area contributed by atoms with E-state index in [1.54, 1.807) is 12.1 Å². The van der Waals surface area contributed by atoms with Gasteiger partial charge in [0.1, 0.15) is 11.3 Å². The molecule has 0 saturated heterocycles. The zero-order valence-electron chi connectivity index (χ0n) is 16.6. The summed E-state index contributed by atoms with van der Waals surface area (Å²) in [6.07, 6.45) is 0.947. The van der Waals surface area contributed by atoms with Crippen LogP contribution in [0, 0.1) is 20.2 Å². The molecule has 34 heavy (non-hydrogen) atoms. The van der Waals surface area contributed by atoms with Crippen LogP contribution < -0.4 is 21.7 Å². The first-order valence-electron chi connectivity index (χ1n) is 8.99. The second-order valence-corrected chi connectivity index (χ2v) is 7.59. The third kappa shape index (κ3) is 5.70. The third-order valence-electron chi connectivity index (χ3n) is 4.11. The van der Waals surface area contributed by atoms with Crippen molar-refractivity contribution >= 4 is 62.4 Å². The summed E-state index contributed by atoms with van der Waals surface area (Å²) >= 11 is 8.96. The number of benzene rings is 2. The fourth-order valence-electron chi connectivity index (χ4n) is 2.51. The van der Waals surface area contributed by atoms with Crippen LogP contribution in [0.25, 0.3) is 0 Å². The van der Waals surface area contributed by atoms with Crippen LogP contribution in [-0.2, 0) is 0 Å². The van der Waals surface area contributed by atoms with Gasteiger partial charge in [-0.05, 0) is 36.4 Å². The average Bonchev–Trinajstić information content (AvgIpc) is 2.81. The van der Waals surface area contributed by atoms with Crippen LogP contribution in [0.2, 0.25) is 5.02 Å². The number of aromatic nitrogens is 2. The molecule has 0 bridgehead atoms. The average molecular weight is 552 g/mol. The number of nitro benzene ring substituents is 1. The minimum Gasteiger partial charge on any atom is -0.276 e. The van der Waals surface area contributed by atoms with Crippen LogP contribution in [0.3, 0.4) is 0 Å². The number of carbonyl (C=O) groups excluding carboxylic acids is 2. The van der Waals surface area contributed by atoms with Crippen LogP contribution in [0.1, 0.15) is 20.7 Å². The van der Waals surface area contributed by atoms with Gasteiger partial charge in [-0.25, -0.2) is 9.97 Å². The highest BCUT2D eigenvalue weighted by atomic mass is 79.9. The summed E-state index contributed by atoms with van der Waals surface area (Å²) in [5.74, 6) is -2.24. The van der Waals surface area contributed by atoms with Gasteiger partial charge in [0, 0.05) is 21.7 Å². The number of nitrogens with zero attached hydrogens (tertiary/aromatic N) is 4. The number of carbonyl (C=O) groups is 2. The monoisotopic (exact) mass is 550 g/mol. The number of hydrogen-bond acceptors (Lipinski definition) is 10. The third-order valence-corrected chi connectivity index (χ3v) is 4.95. The first-order chi connectivity index (χ1) is 16.2. The predicted octanol–water partition coefficient (Wildman–Crippen LogP) is 3.22. The van der Waals surface area contributed by atoms with Crippen LogP contribution in [0.15, 0.2) is 53.3 Å². The van der Waals surface area contributed by atoms with E-state index >= 15 is 0 Å². The van der Waals surface area contributed by atoms with E-state index in [-0.39, 0.29) is 22.0 Å². The van der Waals surface area contributed by atoms with Gasteiger partial charge in [0.25, 0.3) is 17.5 Å². The van der Waals surface area contributed by atoms with Gasteiger partial charge in [0.2, 0.25) is 11.6 Å². The lowest BCUT2D eigenvalue weighted by atomic mass is 10.2. The second kappa shape index (κ2) is 10.5. The van der Waals surface area contributed by atoms with Gasteiger partial charge in [-0.15, -0.1) is 0 Å². The van der Waals surface area contributed by atoms with Crippen LogP contribution in [-0.4, -0.2) is 31.6 Å². The van der Waals surface area contributed by atoms with Crippen molar-refractivity contribution in [2.24, 2.45) is 0 Å². The minimum absolute atomic E-state index is 0.139. The van der Waals surface area contributed by atoms with Crippen molar-refractivity contribution in [1.82, 2.24) is 20.8 Å². The molecule has 0 radical (unpaired) electrons. The highest BCUT2D eigenvalue weighted by molar-refractivity contribution is 9.10. The normalized spacial score (nSPS) is 10.2. The van der Waals surface area contributed by atoms with Gasteiger partial charge >= 0.3 is 5.69 Å². The first-order valence-corrected chi connectivity index (χ1v) is 10.2. The molecule has 0 fully saturated rings. The van der Waals surface area contributed by atoms with E-state index < -0.39 is 38.9 Å². The number of nitrogens with one attached hydrogen (secondary N) is 4. The van der Waals surface area contributed by atoms with E-state index in [1.807, 2.05) is 0 Å². The van der Waals surface area contributed by atoms with Gasteiger partial charge < -0.3 is 0 Å². The summed E-state index contributed by atoms with van der Waals surface area (Å²) in [7, 11) is 0. The number of anilines is 2. The number of hydrazine groups is 2. The molecule has 0 unspecified atom stereocenters. The Labute approximate surface area is 203 Å². The van der Waals surface area contributed by atoms with E-state index in [9.17, 15) is 29.8 Å². The highest BCUT2D eigenvalue weighted by Gasteiger charge is 2.24. The molecule has 0 aliphatic heterocycles. The maximum absolute atomic E-state index is 12.3. The molecule has 2 amide bonds. The Morgan fingerprint density at radius 3 is 1.91 bits per heavy atom. The molecule has 2 aromatic carbocycles. The van der Waals surface area contributed by atoms with Gasteiger partial charge in [0.15, 0.2) is 0 Å². The maximum Gasteiger partial charge on any atom is 0.356 e. The van der Waals surface area contributed by atoms with E-state index in [4.69, 9.17) is 11.6 Å². The smallest absolute Gasteiger partial charge is 0.276 e. The lowest BCUT2D eigenvalue weighted by Gasteiger charge is -2.11. The van der Waals surface area contributed by atoms with E-state index in [1.165, 1.54) is 18.2 Å². The predicted molar refractivity (Wildman–Crippen MR) is 123 cm³/mol. The Balaban J connectivity index is 1.74. The fourth-order valence-corrected chi connectivity index (χ4v) is 2.96. The Hall–Kier alpha value is -4.37. The van der Waals surface area contributed by atoms with Crippen molar-refractivity contribution in [3.63, 3.8) is 0 Å². The molecule has 174 valence electrons. The standard InChI is InChI=1S/C18H12BrClN8O6/c19-11-4-1-9(2-5-11)17(29)25-23-15-14(28(33)34)16(22-8-21-15)24-26-18(30)10-3-6-12(20)13(7-10)27(31)32/h1-8H,(H,25,29)(H,26,30)(H2,21,22,23,24). The summed E-state index contributed by atoms with van der Waals surface area (Å²) in [6, 6.07) is 9.67. The second-order valence-electron chi connectivity index (χ2n) is 6.27. The first kappa shape index (κ1) is 24.3. The summed E-state index contributed by atoms with van der Waals surface area (Å²) < 4.78 is 0.759. The summed E-state index contributed by atoms with van der Waals surface area (Å²) in [4.78, 5) is 53.0. The molecule has 1 aromatic heterocycles. The summed E-state index contributed by atoms with van der Waals surface area (Å²) in [5.41, 5.74) is 8.00. The Kier molecular flexibility index (Phi) is 7.50. The van der Waals surface area contributed by atoms with Crippen LogP contribution in [0.5, 0.6) is 0 Å². The fraction of sp³-hybridized carbons (Fsp3) is 0. The van der Waals surface area contributed by atoms with Crippen molar-refractivity contribution in [2.75, 3.05) is 10.9 Å². The lowest BCUT2D eigenvalue weighted by molar-refractivity contribution is -0.384. The highest BCUT2D eigenvalue weighted by Crippen LogP contribution is 2.28. The van der Waals surface area contributed by atoms with Crippen molar-refractivity contribution in [3.05, 3.63) is 89.6 Å². The number of rotatable bonds is 8. The molecule has 3 aromatic rings. The molecule has 0 aliphatic rings. The van der Waals surface area contributed by atoms with E-state index in [2.05, 4.69) is 47.6 Å². The molecule has 0 spiro atoms. The molecule has 1 heterocycles. The van der Waals surface area contributed by atoms with E-state index in [0.29, 0.717) is 0 Å². The molecular formula is C18H12BrClN8O6. The van der Waals surface area contributed by atoms with Gasteiger partial charge in [-0.2, -0.15) is 0 Å². The molecular weight excluding hydrogens is 540 g/mol. The summed E-state index contributed by atoms with van der Waals surface area (Å²) in [5, 5.41) is 22.4. The molecule has 4 N–H and O–H groups in total. The van der Waals surface area contributed by atoms with E-state index in [0.717, 1.165) is 22.9 Å². The Morgan fingerprint density at radius 2 is 1.38 bits per heavy atom. The number of hydrogen-bond donors (Lipinski definition) is 4. The molecule has 0 saturated carbocycles. The Morgan fingerprint density at radius 1 is 0.853 bits per heavy atom. The molecule has 16 heteroatoms. The SMILES string of the molecule is O=C(NNc1ncnc(NNC(=O)c2ccc(Cl)c([N+](=O)[O-])c2)c1[N+](=O)[O-])c1ccc(Br)cc1. The van der Waals surface area contributed by atoms with Gasteiger partial charge in [-0.3, -0.25) is 51.5 Å². The summed E-state index contributed by atoms with van der Waals surface area (Å²) in [6.45, 7) is 0. The quantitative estimate of drug-likeness (QED) is 0.238. The zero-order valence-corrected chi connectivity index (χ0v) is 19.0. The number of amides is 2. The minimum atomic E-state index is -0.856. The largest absolute Gasteiger partial charge is 0.356 e. The Bertz CT molecular complexity index is 1290. The van der Waals surface area contributed by atoms with Crippen LogP contribution in [0.4, 0.5) is 23.0 Å².